The number of hydrogen-bond acceptors (Lipinski definition) is 5. The fourth-order valence-electron chi connectivity index (χ4n) is 4.10. The van der Waals surface area contributed by atoms with Crippen LogP contribution in [0.5, 0.6) is 0 Å². The van der Waals surface area contributed by atoms with Gasteiger partial charge in [0.15, 0.2) is 5.83 Å². The largest absolute Gasteiger partial charge is 0.389 e. The zero-order valence-corrected chi connectivity index (χ0v) is 16.6. The molecule has 1 N–H and O–H groups in total. The molecule has 4 heterocycles. The maximum Gasteiger partial charge on any atom is 0.282 e. The molecule has 0 spiro atoms. The minimum Gasteiger partial charge on any atom is -0.389 e. The number of amides is 1. The fourth-order valence-corrected chi connectivity index (χ4v) is 4.10. The molecule has 0 atom stereocenters. The molecule has 154 valence electrons. The first-order valence-corrected chi connectivity index (χ1v) is 9.93. The molecule has 2 fully saturated rings. The molecular formula is C22H22FN5O2. The molecule has 0 saturated carbocycles. The van der Waals surface area contributed by atoms with Crippen LogP contribution in [0.3, 0.4) is 0 Å². The predicted molar refractivity (Wildman–Crippen MR) is 111 cm³/mol. The lowest BCUT2D eigenvalue weighted by Crippen LogP contribution is -2.51. The van der Waals surface area contributed by atoms with Crippen molar-refractivity contribution in [2.24, 2.45) is 0 Å². The highest BCUT2D eigenvalue weighted by Crippen LogP contribution is 2.38. The van der Waals surface area contributed by atoms with E-state index in [0.29, 0.717) is 26.2 Å². The van der Waals surface area contributed by atoms with Crippen molar-refractivity contribution < 1.29 is 14.3 Å². The van der Waals surface area contributed by atoms with Gasteiger partial charge >= 0.3 is 0 Å². The van der Waals surface area contributed by atoms with Crippen molar-refractivity contribution in [3.63, 3.8) is 0 Å². The minimum atomic E-state index is -0.944. The summed E-state index contributed by atoms with van der Waals surface area (Å²) in [5, 5.41) is 15.6. The fraction of sp³-hybridized carbons (Fsp3) is 0.318. The number of likely N-dealkylation sites (tertiary alicyclic amines) is 1. The number of pyridine rings is 1. The number of carbonyl (C=O) groups is 1. The Bertz CT molecular complexity index is 1140. The van der Waals surface area contributed by atoms with Gasteiger partial charge in [-0.3, -0.25) is 4.79 Å². The summed E-state index contributed by atoms with van der Waals surface area (Å²) in [6.07, 6.45) is 1.40. The van der Waals surface area contributed by atoms with Crippen molar-refractivity contribution in [1.82, 2.24) is 19.7 Å². The Hall–Kier alpha value is -3.26. The van der Waals surface area contributed by atoms with Crippen molar-refractivity contribution in [2.75, 3.05) is 31.1 Å². The number of nitrogens with zero attached hydrogens (tertiary/aromatic N) is 5. The standard InChI is InChI=1S/C22H22FN5O2/c1-13-3-5-16(6-4-13)28-18-7-8-24-21(26-11-17(29)12-26)19(18)20(25-28)15-9-27(10-15)22(30)14(2)23/h3-8,15,17,29H,2,9-12H2,1H3. The molecule has 30 heavy (non-hydrogen) atoms. The molecule has 0 unspecified atom stereocenters. The predicted octanol–water partition coefficient (Wildman–Crippen LogP) is 2.32. The molecule has 0 bridgehead atoms. The van der Waals surface area contributed by atoms with E-state index in [0.717, 1.165) is 33.7 Å². The highest BCUT2D eigenvalue weighted by Gasteiger charge is 2.38. The first-order chi connectivity index (χ1) is 14.4. The number of rotatable bonds is 4. The van der Waals surface area contributed by atoms with Gasteiger partial charge in [-0.15, -0.1) is 0 Å². The van der Waals surface area contributed by atoms with E-state index in [2.05, 4.69) is 11.6 Å². The third kappa shape index (κ3) is 2.95. The normalized spacial score (nSPS) is 17.2. The van der Waals surface area contributed by atoms with Gasteiger partial charge in [0.25, 0.3) is 5.91 Å². The average Bonchev–Trinajstić information content (AvgIpc) is 3.04. The van der Waals surface area contributed by atoms with Crippen molar-refractivity contribution in [3.05, 3.63) is 60.2 Å². The number of halogens is 1. The minimum absolute atomic E-state index is 0.0170. The molecule has 5 rings (SSSR count). The van der Waals surface area contributed by atoms with Gasteiger partial charge in [-0.2, -0.15) is 5.10 Å². The summed E-state index contributed by atoms with van der Waals surface area (Å²) in [5.74, 6) is -0.847. The maximum absolute atomic E-state index is 13.2. The molecule has 7 nitrogen and oxygen atoms in total. The number of fused-ring (bicyclic) bond motifs is 1. The molecule has 0 aliphatic carbocycles. The summed E-state index contributed by atoms with van der Waals surface area (Å²) in [6, 6.07) is 10.0. The van der Waals surface area contributed by atoms with Gasteiger partial charge in [0.1, 0.15) is 5.82 Å². The van der Waals surface area contributed by atoms with E-state index in [1.165, 1.54) is 4.90 Å². The Morgan fingerprint density at radius 2 is 1.87 bits per heavy atom. The highest BCUT2D eigenvalue weighted by molar-refractivity contribution is 5.95. The average molecular weight is 407 g/mol. The van der Waals surface area contributed by atoms with Crippen LogP contribution in [0, 0.1) is 6.92 Å². The number of aliphatic hydroxyl groups is 1. The van der Waals surface area contributed by atoms with Gasteiger partial charge in [-0.05, 0) is 25.1 Å². The van der Waals surface area contributed by atoms with E-state index in [1.54, 1.807) is 6.20 Å². The van der Waals surface area contributed by atoms with Gasteiger partial charge in [-0.1, -0.05) is 24.3 Å². The van der Waals surface area contributed by atoms with Crippen molar-refractivity contribution >= 4 is 22.6 Å². The molecule has 3 aromatic rings. The van der Waals surface area contributed by atoms with Crippen LogP contribution in [0.2, 0.25) is 0 Å². The van der Waals surface area contributed by atoms with Gasteiger partial charge in [-0.25, -0.2) is 14.1 Å². The molecule has 8 heteroatoms. The lowest BCUT2D eigenvalue weighted by Gasteiger charge is -2.39. The molecule has 0 radical (unpaired) electrons. The van der Waals surface area contributed by atoms with E-state index >= 15 is 0 Å². The number of aliphatic hydroxyl groups excluding tert-OH is 1. The summed E-state index contributed by atoms with van der Waals surface area (Å²) in [5.41, 5.74) is 3.84. The van der Waals surface area contributed by atoms with Gasteiger partial charge in [0, 0.05) is 38.3 Å². The van der Waals surface area contributed by atoms with Crippen molar-refractivity contribution in [3.8, 4) is 5.69 Å². The highest BCUT2D eigenvalue weighted by atomic mass is 19.1. The van der Waals surface area contributed by atoms with Gasteiger partial charge in [0.05, 0.1) is 28.4 Å². The molecule has 2 aliphatic heterocycles. The lowest BCUT2D eigenvalue weighted by molar-refractivity contribution is -0.133. The maximum atomic E-state index is 13.2. The number of aryl methyl sites for hydroxylation is 1. The SMILES string of the molecule is C=C(F)C(=O)N1CC(c2nn(-c3ccc(C)cc3)c3ccnc(N4CC(O)C4)c23)C1. The van der Waals surface area contributed by atoms with E-state index in [4.69, 9.17) is 5.10 Å². The summed E-state index contributed by atoms with van der Waals surface area (Å²) in [7, 11) is 0. The topological polar surface area (TPSA) is 74.5 Å². The second-order valence-electron chi connectivity index (χ2n) is 8.03. The lowest BCUT2D eigenvalue weighted by atomic mass is 9.93. The van der Waals surface area contributed by atoms with Crippen LogP contribution in [0.25, 0.3) is 16.6 Å². The third-order valence-corrected chi connectivity index (χ3v) is 5.83. The van der Waals surface area contributed by atoms with Crippen LogP contribution >= 0.6 is 0 Å². The molecule has 2 aromatic heterocycles. The van der Waals surface area contributed by atoms with Gasteiger partial charge < -0.3 is 14.9 Å². The Kier molecular flexibility index (Phi) is 4.32. The Labute approximate surface area is 173 Å². The summed E-state index contributed by atoms with van der Waals surface area (Å²) >= 11 is 0. The number of carbonyl (C=O) groups excluding carboxylic acids is 1. The van der Waals surface area contributed by atoms with Crippen LogP contribution in [-0.4, -0.2) is 63.0 Å². The summed E-state index contributed by atoms with van der Waals surface area (Å²) < 4.78 is 15.1. The van der Waals surface area contributed by atoms with Gasteiger partial charge in [0.2, 0.25) is 0 Å². The second kappa shape index (κ2) is 6.91. The summed E-state index contributed by atoms with van der Waals surface area (Å²) in [4.78, 5) is 19.9. The molecular weight excluding hydrogens is 385 g/mol. The van der Waals surface area contributed by atoms with E-state index in [-0.39, 0.29) is 12.0 Å². The van der Waals surface area contributed by atoms with Crippen LogP contribution in [0.1, 0.15) is 17.2 Å². The Morgan fingerprint density at radius 1 is 1.17 bits per heavy atom. The Balaban J connectivity index is 1.59. The number of aromatic nitrogens is 3. The zero-order valence-electron chi connectivity index (χ0n) is 16.6. The Morgan fingerprint density at radius 3 is 2.50 bits per heavy atom. The number of hydrogen-bond donors (Lipinski definition) is 1. The van der Waals surface area contributed by atoms with E-state index in [1.807, 2.05) is 46.8 Å². The first kappa shape index (κ1) is 18.7. The van der Waals surface area contributed by atoms with Crippen LogP contribution in [0.15, 0.2) is 48.9 Å². The second-order valence-corrected chi connectivity index (χ2v) is 8.03. The monoisotopic (exact) mass is 407 g/mol. The van der Waals surface area contributed by atoms with Crippen LogP contribution < -0.4 is 4.90 Å². The van der Waals surface area contributed by atoms with Crippen molar-refractivity contribution in [1.29, 1.82) is 0 Å². The zero-order chi connectivity index (χ0) is 21.0. The smallest absolute Gasteiger partial charge is 0.282 e. The summed E-state index contributed by atoms with van der Waals surface area (Å²) in [6.45, 7) is 6.96. The quantitative estimate of drug-likeness (QED) is 0.672. The molecule has 1 amide bonds. The number of benzene rings is 1. The van der Waals surface area contributed by atoms with Crippen LogP contribution in [-0.2, 0) is 4.79 Å². The first-order valence-electron chi connectivity index (χ1n) is 9.93. The molecule has 2 aliphatic rings. The molecule has 1 aromatic carbocycles. The third-order valence-electron chi connectivity index (χ3n) is 5.83. The van der Waals surface area contributed by atoms with Crippen molar-refractivity contribution in [2.45, 2.75) is 18.9 Å². The molecule has 2 saturated heterocycles. The van der Waals surface area contributed by atoms with E-state index < -0.39 is 11.7 Å². The van der Waals surface area contributed by atoms with Crippen LogP contribution in [0.4, 0.5) is 10.2 Å². The van der Waals surface area contributed by atoms with E-state index in [9.17, 15) is 14.3 Å². The number of anilines is 1. The number of β-amino-alcohol motifs (C(OH)–C–C–N with tert-alkyl or cyclic N) is 1.